The molecule has 0 bridgehead atoms. The second-order valence-electron chi connectivity index (χ2n) is 5.61. The fourth-order valence-corrected chi connectivity index (χ4v) is 1.80. The van der Waals surface area contributed by atoms with Crippen LogP contribution in [-0.2, 0) is 15.7 Å². The van der Waals surface area contributed by atoms with Gasteiger partial charge in [0.15, 0.2) is 6.61 Å². The van der Waals surface area contributed by atoms with Gasteiger partial charge >= 0.3 is 18.2 Å². The molecule has 1 aromatic rings. The van der Waals surface area contributed by atoms with E-state index in [2.05, 4.69) is 10.1 Å². The van der Waals surface area contributed by atoms with Gasteiger partial charge < -0.3 is 10.1 Å². The van der Waals surface area contributed by atoms with Crippen molar-refractivity contribution in [2.24, 2.45) is 5.92 Å². The zero-order valence-electron chi connectivity index (χ0n) is 13.8. The van der Waals surface area contributed by atoms with Crippen LogP contribution < -0.4 is 10.6 Å². The molecule has 1 aromatic carbocycles. The standard InChI is InChI=1S/C16H19F3N2O4/c1-10(2)7-8-20-15(24)21-13(22)9-25-14(23)11-5-3-4-6-12(11)16(17,18)19/h3-6,10H,7-9H2,1-2H3,(H2,20,21,22,24). The number of amides is 3. The van der Waals surface area contributed by atoms with Crippen molar-refractivity contribution in [1.82, 2.24) is 10.6 Å². The molecular formula is C16H19F3N2O4. The van der Waals surface area contributed by atoms with Crippen molar-refractivity contribution in [2.75, 3.05) is 13.2 Å². The van der Waals surface area contributed by atoms with Crippen LogP contribution in [0.2, 0.25) is 0 Å². The molecule has 0 aliphatic rings. The quantitative estimate of drug-likeness (QED) is 0.764. The molecule has 25 heavy (non-hydrogen) atoms. The summed E-state index contributed by atoms with van der Waals surface area (Å²) >= 11 is 0. The van der Waals surface area contributed by atoms with Crippen molar-refractivity contribution < 1.29 is 32.3 Å². The third-order valence-electron chi connectivity index (χ3n) is 3.05. The summed E-state index contributed by atoms with van der Waals surface area (Å²) < 4.78 is 43.0. The smallest absolute Gasteiger partial charge is 0.417 e. The van der Waals surface area contributed by atoms with Crippen LogP contribution in [0.4, 0.5) is 18.0 Å². The van der Waals surface area contributed by atoms with Crippen molar-refractivity contribution in [3.63, 3.8) is 0 Å². The van der Waals surface area contributed by atoms with Crippen LogP contribution in [0.5, 0.6) is 0 Å². The fraction of sp³-hybridized carbons (Fsp3) is 0.438. The number of esters is 1. The summed E-state index contributed by atoms with van der Waals surface area (Å²) in [5.41, 5.74) is -1.86. The van der Waals surface area contributed by atoms with E-state index in [9.17, 15) is 27.6 Å². The molecule has 0 aliphatic carbocycles. The monoisotopic (exact) mass is 360 g/mol. The van der Waals surface area contributed by atoms with E-state index in [1.54, 1.807) is 0 Å². The average molecular weight is 360 g/mol. The van der Waals surface area contributed by atoms with E-state index in [1.165, 1.54) is 6.07 Å². The average Bonchev–Trinajstić information content (AvgIpc) is 2.51. The van der Waals surface area contributed by atoms with Crippen molar-refractivity contribution in [3.8, 4) is 0 Å². The van der Waals surface area contributed by atoms with E-state index < -0.39 is 41.8 Å². The molecule has 2 N–H and O–H groups in total. The lowest BCUT2D eigenvalue weighted by Gasteiger charge is -2.12. The molecule has 0 atom stereocenters. The third-order valence-corrected chi connectivity index (χ3v) is 3.05. The van der Waals surface area contributed by atoms with E-state index in [1.807, 2.05) is 19.2 Å². The summed E-state index contributed by atoms with van der Waals surface area (Å²) in [6, 6.07) is 3.29. The summed E-state index contributed by atoms with van der Waals surface area (Å²) in [4.78, 5) is 34.6. The van der Waals surface area contributed by atoms with Gasteiger partial charge in [0.05, 0.1) is 11.1 Å². The molecule has 6 nitrogen and oxygen atoms in total. The molecule has 0 fully saturated rings. The Morgan fingerprint density at radius 1 is 1.16 bits per heavy atom. The number of nitrogens with one attached hydrogen (secondary N) is 2. The minimum atomic E-state index is -4.73. The Hall–Kier alpha value is -2.58. The number of alkyl halides is 3. The second kappa shape index (κ2) is 9.05. The Balaban J connectivity index is 2.52. The van der Waals surface area contributed by atoms with Crippen LogP contribution in [0, 0.1) is 5.92 Å². The Bertz CT molecular complexity index is 630. The number of benzene rings is 1. The number of carbonyl (C=O) groups excluding carboxylic acids is 3. The molecule has 0 radical (unpaired) electrons. The van der Waals surface area contributed by atoms with Gasteiger partial charge in [-0.3, -0.25) is 10.1 Å². The van der Waals surface area contributed by atoms with Crippen LogP contribution in [0.1, 0.15) is 36.2 Å². The number of halogens is 3. The highest BCUT2D eigenvalue weighted by atomic mass is 19.4. The van der Waals surface area contributed by atoms with Gasteiger partial charge in [-0.05, 0) is 24.5 Å². The predicted molar refractivity (Wildman–Crippen MR) is 82.7 cm³/mol. The first-order valence-electron chi connectivity index (χ1n) is 7.52. The van der Waals surface area contributed by atoms with Gasteiger partial charge in [-0.15, -0.1) is 0 Å². The van der Waals surface area contributed by atoms with E-state index in [-0.39, 0.29) is 0 Å². The van der Waals surface area contributed by atoms with Gasteiger partial charge in [-0.2, -0.15) is 13.2 Å². The van der Waals surface area contributed by atoms with Crippen LogP contribution in [0.25, 0.3) is 0 Å². The number of urea groups is 1. The van der Waals surface area contributed by atoms with Crippen molar-refractivity contribution in [1.29, 1.82) is 0 Å². The van der Waals surface area contributed by atoms with Gasteiger partial charge in [0.25, 0.3) is 5.91 Å². The van der Waals surface area contributed by atoms with Crippen molar-refractivity contribution in [3.05, 3.63) is 35.4 Å². The Morgan fingerprint density at radius 2 is 1.80 bits per heavy atom. The molecule has 0 saturated heterocycles. The summed E-state index contributed by atoms with van der Waals surface area (Å²) in [6.45, 7) is 3.41. The molecule has 9 heteroatoms. The number of hydrogen-bond acceptors (Lipinski definition) is 4. The lowest BCUT2D eigenvalue weighted by molar-refractivity contribution is -0.138. The summed E-state index contributed by atoms with van der Waals surface area (Å²) in [6.07, 6.45) is -4.01. The lowest BCUT2D eigenvalue weighted by atomic mass is 10.1. The number of rotatable bonds is 6. The number of carbonyl (C=O) groups is 3. The lowest BCUT2D eigenvalue weighted by Crippen LogP contribution is -2.42. The minimum Gasteiger partial charge on any atom is -0.452 e. The first-order valence-corrected chi connectivity index (χ1v) is 7.52. The fourth-order valence-electron chi connectivity index (χ4n) is 1.80. The van der Waals surface area contributed by atoms with Crippen LogP contribution in [-0.4, -0.2) is 31.1 Å². The first-order chi connectivity index (χ1) is 11.6. The maximum atomic E-state index is 12.8. The highest BCUT2D eigenvalue weighted by Gasteiger charge is 2.35. The summed E-state index contributed by atoms with van der Waals surface area (Å²) in [7, 11) is 0. The highest BCUT2D eigenvalue weighted by Crippen LogP contribution is 2.32. The predicted octanol–water partition coefficient (Wildman–Crippen LogP) is 2.73. The number of imide groups is 1. The Kier molecular flexibility index (Phi) is 7.41. The van der Waals surface area contributed by atoms with Crippen LogP contribution in [0.3, 0.4) is 0 Å². The molecule has 0 aromatic heterocycles. The normalized spacial score (nSPS) is 11.1. The van der Waals surface area contributed by atoms with E-state index >= 15 is 0 Å². The third kappa shape index (κ3) is 7.23. The zero-order valence-corrected chi connectivity index (χ0v) is 13.8. The molecule has 3 amide bonds. The highest BCUT2D eigenvalue weighted by molar-refractivity contribution is 5.97. The Morgan fingerprint density at radius 3 is 2.40 bits per heavy atom. The van der Waals surface area contributed by atoms with Crippen LogP contribution in [0.15, 0.2) is 24.3 Å². The first kappa shape index (κ1) is 20.5. The molecular weight excluding hydrogens is 341 g/mol. The van der Waals surface area contributed by atoms with Crippen LogP contribution >= 0.6 is 0 Å². The van der Waals surface area contributed by atoms with Gasteiger partial charge in [0.1, 0.15) is 0 Å². The number of ether oxygens (including phenoxy) is 1. The minimum absolute atomic E-state index is 0.357. The maximum Gasteiger partial charge on any atom is 0.417 e. The van der Waals surface area contributed by atoms with Gasteiger partial charge in [-0.1, -0.05) is 26.0 Å². The number of hydrogen-bond donors (Lipinski definition) is 2. The second-order valence-corrected chi connectivity index (χ2v) is 5.61. The van der Waals surface area contributed by atoms with Gasteiger partial charge in [0.2, 0.25) is 0 Å². The van der Waals surface area contributed by atoms with Gasteiger partial charge in [0, 0.05) is 6.54 Å². The molecule has 0 heterocycles. The summed E-state index contributed by atoms with van der Waals surface area (Å²) in [5, 5.41) is 4.35. The topological polar surface area (TPSA) is 84.5 Å². The molecule has 0 aliphatic heterocycles. The molecule has 138 valence electrons. The maximum absolute atomic E-state index is 12.8. The SMILES string of the molecule is CC(C)CCNC(=O)NC(=O)COC(=O)c1ccccc1C(F)(F)F. The van der Waals surface area contributed by atoms with Crippen molar-refractivity contribution >= 4 is 17.9 Å². The van der Waals surface area contributed by atoms with E-state index in [0.29, 0.717) is 18.9 Å². The Labute approximate surface area is 142 Å². The largest absolute Gasteiger partial charge is 0.452 e. The van der Waals surface area contributed by atoms with E-state index in [4.69, 9.17) is 0 Å². The van der Waals surface area contributed by atoms with Gasteiger partial charge in [-0.25, -0.2) is 9.59 Å². The molecule has 1 rings (SSSR count). The molecule has 0 spiro atoms. The summed E-state index contributed by atoms with van der Waals surface area (Å²) in [5.74, 6) is -1.88. The molecule has 0 unspecified atom stereocenters. The molecule has 0 saturated carbocycles. The zero-order chi connectivity index (χ0) is 19.0. The van der Waals surface area contributed by atoms with E-state index in [0.717, 1.165) is 18.2 Å². The van der Waals surface area contributed by atoms with Crippen molar-refractivity contribution in [2.45, 2.75) is 26.4 Å².